The number of thiol groups is 1. The van der Waals surface area contributed by atoms with Gasteiger partial charge in [0.1, 0.15) is 4.32 Å². The Bertz CT molecular complexity index is 272. The third-order valence-electron chi connectivity index (χ3n) is 1.75. The van der Waals surface area contributed by atoms with E-state index < -0.39 is 0 Å². The number of hydrogen-bond acceptors (Lipinski definition) is 1. The number of hydrogen-bond donors (Lipinski definition) is 1. The first-order valence-electron chi connectivity index (χ1n) is 4.31. The zero-order chi connectivity index (χ0) is 9.68. The SMILES string of the molecule is CCCN(C(=S)S)c1ccccc1. The van der Waals surface area contributed by atoms with E-state index in [0.29, 0.717) is 4.32 Å². The van der Waals surface area contributed by atoms with Crippen LogP contribution in [-0.2, 0) is 0 Å². The highest BCUT2D eigenvalue weighted by Gasteiger charge is 2.06. The topological polar surface area (TPSA) is 3.24 Å². The van der Waals surface area contributed by atoms with Crippen molar-refractivity contribution < 1.29 is 0 Å². The predicted octanol–water partition coefficient (Wildman–Crippen LogP) is 3.12. The van der Waals surface area contributed by atoms with Gasteiger partial charge >= 0.3 is 0 Å². The number of thiocarbonyl (C=S) groups is 1. The molecule has 0 N–H and O–H groups in total. The molecule has 0 unspecified atom stereocenters. The Morgan fingerprint density at radius 3 is 2.46 bits per heavy atom. The lowest BCUT2D eigenvalue weighted by molar-refractivity contribution is 0.914. The van der Waals surface area contributed by atoms with E-state index in [9.17, 15) is 0 Å². The molecule has 13 heavy (non-hydrogen) atoms. The fourth-order valence-electron chi connectivity index (χ4n) is 1.17. The molecule has 1 aromatic rings. The largest absolute Gasteiger partial charge is 0.328 e. The minimum atomic E-state index is 0.632. The smallest absolute Gasteiger partial charge is 0.137 e. The number of anilines is 1. The van der Waals surface area contributed by atoms with Crippen molar-refractivity contribution in [2.75, 3.05) is 11.4 Å². The summed E-state index contributed by atoms with van der Waals surface area (Å²) in [5.41, 5.74) is 1.12. The molecule has 3 heteroatoms. The van der Waals surface area contributed by atoms with Crippen molar-refractivity contribution in [3.8, 4) is 0 Å². The molecular weight excluding hydrogens is 198 g/mol. The fraction of sp³-hybridized carbons (Fsp3) is 0.300. The molecule has 0 radical (unpaired) electrons. The summed E-state index contributed by atoms with van der Waals surface area (Å²) in [6.45, 7) is 3.05. The number of nitrogens with zero attached hydrogens (tertiary/aromatic N) is 1. The minimum absolute atomic E-state index is 0.632. The van der Waals surface area contributed by atoms with Crippen LogP contribution in [0.3, 0.4) is 0 Å². The Morgan fingerprint density at radius 2 is 2.00 bits per heavy atom. The normalized spacial score (nSPS) is 9.69. The van der Waals surface area contributed by atoms with E-state index in [4.69, 9.17) is 12.2 Å². The summed E-state index contributed by atoms with van der Waals surface area (Å²) in [5, 5.41) is 0. The highest BCUT2D eigenvalue weighted by atomic mass is 32.1. The molecular formula is C10H13NS2. The molecule has 0 aliphatic heterocycles. The lowest BCUT2D eigenvalue weighted by Gasteiger charge is -2.21. The summed E-state index contributed by atoms with van der Waals surface area (Å²) in [4.78, 5) is 2.03. The molecule has 0 bridgehead atoms. The van der Waals surface area contributed by atoms with Crippen LogP contribution < -0.4 is 4.90 Å². The van der Waals surface area contributed by atoms with Gasteiger partial charge in [0.05, 0.1) is 0 Å². The molecule has 0 saturated carbocycles. The summed E-state index contributed by atoms with van der Waals surface area (Å²) in [6, 6.07) is 10.1. The van der Waals surface area contributed by atoms with Gasteiger partial charge in [-0.25, -0.2) is 0 Å². The number of para-hydroxylation sites is 1. The summed E-state index contributed by atoms with van der Waals surface area (Å²) in [6.07, 6.45) is 1.07. The average molecular weight is 211 g/mol. The van der Waals surface area contributed by atoms with Crippen LogP contribution in [0, 0.1) is 0 Å². The zero-order valence-electron chi connectivity index (χ0n) is 7.60. The molecule has 0 fully saturated rings. The van der Waals surface area contributed by atoms with Crippen molar-refractivity contribution >= 4 is 34.9 Å². The molecule has 0 spiro atoms. The van der Waals surface area contributed by atoms with E-state index in [-0.39, 0.29) is 0 Å². The lowest BCUT2D eigenvalue weighted by atomic mass is 10.3. The van der Waals surface area contributed by atoms with Crippen LogP contribution in [-0.4, -0.2) is 10.9 Å². The third kappa shape index (κ3) is 3.01. The first kappa shape index (κ1) is 10.5. The van der Waals surface area contributed by atoms with Gasteiger partial charge in [-0.15, -0.1) is 12.6 Å². The molecule has 0 heterocycles. The van der Waals surface area contributed by atoms with Crippen LogP contribution in [0.2, 0.25) is 0 Å². The quantitative estimate of drug-likeness (QED) is 0.604. The van der Waals surface area contributed by atoms with Gasteiger partial charge in [-0.2, -0.15) is 0 Å². The molecule has 1 rings (SSSR count). The lowest BCUT2D eigenvalue weighted by Crippen LogP contribution is -2.26. The van der Waals surface area contributed by atoms with Crippen LogP contribution in [0.25, 0.3) is 0 Å². The Morgan fingerprint density at radius 1 is 1.38 bits per heavy atom. The zero-order valence-corrected chi connectivity index (χ0v) is 9.31. The van der Waals surface area contributed by atoms with Crippen molar-refractivity contribution in [1.82, 2.24) is 0 Å². The van der Waals surface area contributed by atoms with Gasteiger partial charge < -0.3 is 4.90 Å². The maximum atomic E-state index is 5.05. The van der Waals surface area contributed by atoms with Crippen LogP contribution in [0.5, 0.6) is 0 Å². The first-order valence-corrected chi connectivity index (χ1v) is 5.16. The monoisotopic (exact) mass is 211 g/mol. The molecule has 0 amide bonds. The molecule has 0 aromatic heterocycles. The van der Waals surface area contributed by atoms with Crippen LogP contribution in [0.1, 0.15) is 13.3 Å². The predicted molar refractivity (Wildman–Crippen MR) is 65.7 cm³/mol. The second-order valence-electron chi connectivity index (χ2n) is 2.77. The Hall–Kier alpha value is -0.540. The molecule has 1 nitrogen and oxygen atoms in total. The van der Waals surface area contributed by atoms with Gasteiger partial charge in [-0.05, 0) is 18.6 Å². The first-order chi connectivity index (χ1) is 6.25. The Balaban J connectivity index is 2.82. The molecule has 70 valence electrons. The van der Waals surface area contributed by atoms with E-state index in [2.05, 4.69) is 19.6 Å². The summed E-state index contributed by atoms with van der Waals surface area (Å²) in [7, 11) is 0. The highest BCUT2D eigenvalue weighted by molar-refractivity contribution is 8.11. The Labute approximate surface area is 90.2 Å². The third-order valence-corrected chi connectivity index (χ3v) is 2.21. The maximum Gasteiger partial charge on any atom is 0.137 e. The van der Waals surface area contributed by atoms with Gasteiger partial charge in [0, 0.05) is 12.2 Å². The highest BCUT2D eigenvalue weighted by Crippen LogP contribution is 2.15. The van der Waals surface area contributed by atoms with E-state index in [0.717, 1.165) is 18.7 Å². The van der Waals surface area contributed by atoms with E-state index in [1.807, 2.05) is 35.2 Å². The maximum absolute atomic E-state index is 5.05. The molecule has 0 aliphatic carbocycles. The summed E-state index contributed by atoms with van der Waals surface area (Å²) in [5.74, 6) is 0. The second kappa shape index (κ2) is 5.25. The minimum Gasteiger partial charge on any atom is -0.328 e. The van der Waals surface area contributed by atoms with Gasteiger partial charge in [0.15, 0.2) is 0 Å². The molecule has 0 atom stereocenters. The number of rotatable bonds is 3. The Kier molecular flexibility index (Phi) is 4.25. The number of benzene rings is 1. The van der Waals surface area contributed by atoms with Crippen LogP contribution >= 0.6 is 24.8 Å². The van der Waals surface area contributed by atoms with Gasteiger partial charge in [-0.3, -0.25) is 0 Å². The second-order valence-corrected chi connectivity index (χ2v) is 3.88. The molecule has 0 aliphatic rings. The van der Waals surface area contributed by atoms with E-state index in [1.165, 1.54) is 0 Å². The van der Waals surface area contributed by atoms with Gasteiger partial charge in [0.25, 0.3) is 0 Å². The average Bonchev–Trinajstić information content (AvgIpc) is 2.15. The van der Waals surface area contributed by atoms with E-state index >= 15 is 0 Å². The molecule has 0 saturated heterocycles. The van der Waals surface area contributed by atoms with Crippen molar-refractivity contribution in [2.45, 2.75) is 13.3 Å². The van der Waals surface area contributed by atoms with Crippen molar-refractivity contribution in [3.63, 3.8) is 0 Å². The van der Waals surface area contributed by atoms with Crippen LogP contribution in [0.15, 0.2) is 30.3 Å². The van der Waals surface area contributed by atoms with Gasteiger partial charge in [-0.1, -0.05) is 37.3 Å². The van der Waals surface area contributed by atoms with Crippen molar-refractivity contribution in [3.05, 3.63) is 30.3 Å². The summed E-state index contributed by atoms with van der Waals surface area (Å²) < 4.78 is 0.632. The van der Waals surface area contributed by atoms with Gasteiger partial charge in [0.2, 0.25) is 0 Å². The van der Waals surface area contributed by atoms with E-state index in [1.54, 1.807) is 0 Å². The summed E-state index contributed by atoms with van der Waals surface area (Å²) >= 11 is 9.25. The van der Waals surface area contributed by atoms with Crippen molar-refractivity contribution in [2.24, 2.45) is 0 Å². The standard InChI is InChI=1S/C10H13NS2/c1-2-8-11(10(12)13)9-6-4-3-5-7-9/h3-7H,2,8H2,1H3,(H,12,13). The fourth-order valence-corrected chi connectivity index (χ4v) is 1.58. The molecule has 1 aromatic carbocycles. The van der Waals surface area contributed by atoms with Crippen molar-refractivity contribution in [1.29, 1.82) is 0 Å². The van der Waals surface area contributed by atoms with Crippen LogP contribution in [0.4, 0.5) is 5.69 Å².